The summed E-state index contributed by atoms with van der Waals surface area (Å²) in [5, 5.41) is 3.01. The number of sulfonamides is 1. The van der Waals surface area contributed by atoms with E-state index in [1.807, 2.05) is 12.1 Å². The molecule has 1 aliphatic rings. The van der Waals surface area contributed by atoms with Gasteiger partial charge in [-0.15, -0.1) is 0 Å². The van der Waals surface area contributed by atoms with Crippen LogP contribution in [0.2, 0.25) is 0 Å². The Balaban J connectivity index is 1.62. The molecule has 1 heterocycles. The molecule has 2 aromatic rings. The summed E-state index contributed by atoms with van der Waals surface area (Å²) >= 11 is 0. The van der Waals surface area contributed by atoms with Crippen molar-refractivity contribution >= 4 is 15.9 Å². The van der Waals surface area contributed by atoms with E-state index >= 15 is 0 Å². The van der Waals surface area contributed by atoms with Crippen molar-refractivity contribution in [2.24, 2.45) is 0 Å². The second-order valence-electron chi connectivity index (χ2n) is 6.91. The maximum Gasteiger partial charge on any atom is 0.251 e. The normalized spacial score (nSPS) is 15.2. The summed E-state index contributed by atoms with van der Waals surface area (Å²) in [5.41, 5.74) is 1.52. The van der Waals surface area contributed by atoms with Crippen LogP contribution in [0.1, 0.15) is 41.6 Å². The first kappa shape index (κ1) is 19.5. The van der Waals surface area contributed by atoms with Crippen molar-refractivity contribution in [3.8, 4) is 0 Å². The van der Waals surface area contributed by atoms with Crippen molar-refractivity contribution in [3.63, 3.8) is 0 Å². The number of likely N-dealkylation sites (N-methyl/N-ethyl adjacent to an activating group) is 1. The molecule has 1 aromatic carbocycles. The molecule has 1 amide bonds. The summed E-state index contributed by atoms with van der Waals surface area (Å²) in [6.45, 7) is 0.371. The quantitative estimate of drug-likeness (QED) is 0.792. The minimum atomic E-state index is -3.59. The summed E-state index contributed by atoms with van der Waals surface area (Å²) in [5.74, 6) is -0.142. The van der Waals surface area contributed by atoms with E-state index in [0.29, 0.717) is 18.5 Å². The summed E-state index contributed by atoms with van der Waals surface area (Å²) in [7, 11) is -2.02. The third-order valence-electron chi connectivity index (χ3n) is 4.98. The Hall–Kier alpha value is -2.25. The number of rotatable bonds is 7. The molecule has 0 spiro atoms. The molecular formula is C20H25N3O3S. The highest BCUT2D eigenvalue weighted by Crippen LogP contribution is 2.19. The number of amides is 1. The molecule has 144 valence electrons. The van der Waals surface area contributed by atoms with Gasteiger partial charge in [-0.3, -0.25) is 9.78 Å². The van der Waals surface area contributed by atoms with E-state index < -0.39 is 10.0 Å². The van der Waals surface area contributed by atoms with Crippen molar-refractivity contribution in [1.29, 1.82) is 0 Å². The topological polar surface area (TPSA) is 79.4 Å². The third kappa shape index (κ3) is 4.93. The van der Waals surface area contributed by atoms with E-state index in [2.05, 4.69) is 10.3 Å². The predicted molar refractivity (Wildman–Crippen MR) is 104 cm³/mol. The fraction of sp³-hybridized carbons (Fsp3) is 0.400. The molecule has 0 aliphatic heterocycles. The third-order valence-corrected chi connectivity index (χ3v) is 6.85. The minimum absolute atomic E-state index is 0.142. The van der Waals surface area contributed by atoms with E-state index in [1.165, 1.54) is 16.4 Å². The Kier molecular flexibility index (Phi) is 6.23. The molecule has 0 radical (unpaired) electrons. The van der Waals surface area contributed by atoms with Gasteiger partial charge in [-0.1, -0.05) is 12.8 Å². The maximum absolute atomic E-state index is 12.7. The summed E-state index contributed by atoms with van der Waals surface area (Å²) in [4.78, 5) is 16.4. The van der Waals surface area contributed by atoms with Crippen molar-refractivity contribution in [3.05, 3.63) is 59.9 Å². The van der Waals surface area contributed by atoms with Crippen LogP contribution < -0.4 is 5.32 Å². The highest BCUT2D eigenvalue weighted by molar-refractivity contribution is 7.89. The molecule has 1 aromatic heterocycles. The lowest BCUT2D eigenvalue weighted by molar-refractivity contribution is 0.0938. The van der Waals surface area contributed by atoms with E-state index in [0.717, 1.165) is 31.2 Å². The molecule has 0 unspecified atom stereocenters. The van der Waals surface area contributed by atoms with Crippen LogP contribution in [0, 0.1) is 0 Å². The van der Waals surface area contributed by atoms with Gasteiger partial charge < -0.3 is 5.32 Å². The molecule has 27 heavy (non-hydrogen) atoms. The number of hydrogen-bond acceptors (Lipinski definition) is 4. The van der Waals surface area contributed by atoms with Gasteiger partial charge in [-0.05, 0) is 61.2 Å². The first-order chi connectivity index (χ1) is 13.0. The van der Waals surface area contributed by atoms with Crippen LogP contribution in [0.3, 0.4) is 0 Å². The zero-order valence-corrected chi connectivity index (χ0v) is 16.3. The first-order valence-corrected chi connectivity index (χ1v) is 10.7. The van der Waals surface area contributed by atoms with Crippen molar-refractivity contribution in [1.82, 2.24) is 14.6 Å². The standard InChI is InChI=1S/C20H25N3O3S/c1-23(15-12-16-10-13-21-14-11-16)27(25,26)19-8-6-17(7-9-19)20(24)22-18-4-2-3-5-18/h6-11,13-14,18H,2-5,12,15H2,1H3,(H,22,24). The van der Waals surface area contributed by atoms with Crippen LogP contribution in [-0.2, 0) is 16.4 Å². The molecule has 0 saturated heterocycles. The van der Waals surface area contributed by atoms with Gasteiger partial charge in [0.1, 0.15) is 0 Å². The molecule has 1 aliphatic carbocycles. The Bertz CT molecular complexity index is 861. The Morgan fingerprint density at radius 1 is 1.11 bits per heavy atom. The van der Waals surface area contributed by atoms with Gasteiger partial charge in [0, 0.05) is 37.6 Å². The second-order valence-corrected chi connectivity index (χ2v) is 8.96. The summed E-state index contributed by atoms with van der Waals surface area (Å²) in [6, 6.07) is 10.1. The number of hydrogen-bond donors (Lipinski definition) is 1. The smallest absolute Gasteiger partial charge is 0.251 e. The van der Waals surface area contributed by atoms with Crippen LogP contribution in [0.15, 0.2) is 53.7 Å². The highest BCUT2D eigenvalue weighted by atomic mass is 32.2. The lowest BCUT2D eigenvalue weighted by Crippen LogP contribution is -2.32. The van der Waals surface area contributed by atoms with Crippen molar-refractivity contribution in [2.45, 2.75) is 43.0 Å². The first-order valence-electron chi connectivity index (χ1n) is 9.23. The van der Waals surface area contributed by atoms with E-state index in [9.17, 15) is 13.2 Å². The molecule has 0 bridgehead atoms. The molecule has 1 fully saturated rings. The van der Waals surface area contributed by atoms with Gasteiger partial charge in [0.2, 0.25) is 10.0 Å². The lowest BCUT2D eigenvalue weighted by atomic mass is 10.2. The Morgan fingerprint density at radius 2 is 1.74 bits per heavy atom. The van der Waals surface area contributed by atoms with Crippen LogP contribution in [0.4, 0.5) is 0 Å². The van der Waals surface area contributed by atoms with Gasteiger partial charge >= 0.3 is 0 Å². The number of aromatic nitrogens is 1. The van der Waals surface area contributed by atoms with Gasteiger partial charge in [0.15, 0.2) is 0 Å². The van der Waals surface area contributed by atoms with E-state index in [-0.39, 0.29) is 16.8 Å². The van der Waals surface area contributed by atoms with Crippen LogP contribution >= 0.6 is 0 Å². The zero-order valence-electron chi connectivity index (χ0n) is 15.5. The summed E-state index contributed by atoms with van der Waals surface area (Å²) < 4.78 is 26.8. The number of nitrogens with zero attached hydrogens (tertiary/aromatic N) is 2. The highest BCUT2D eigenvalue weighted by Gasteiger charge is 2.22. The molecule has 0 atom stereocenters. The van der Waals surface area contributed by atoms with E-state index in [1.54, 1.807) is 31.6 Å². The molecule has 1 saturated carbocycles. The second kappa shape index (κ2) is 8.63. The SMILES string of the molecule is CN(CCc1ccncc1)S(=O)(=O)c1ccc(C(=O)NC2CCCC2)cc1. The van der Waals surface area contributed by atoms with Gasteiger partial charge in [-0.2, -0.15) is 0 Å². The average molecular weight is 388 g/mol. The number of benzene rings is 1. The zero-order chi connectivity index (χ0) is 19.3. The fourth-order valence-electron chi connectivity index (χ4n) is 3.25. The summed E-state index contributed by atoms with van der Waals surface area (Å²) in [6.07, 6.45) is 8.32. The van der Waals surface area contributed by atoms with Gasteiger partial charge in [-0.25, -0.2) is 12.7 Å². The molecule has 7 heteroatoms. The van der Waals surface area contributed by atoms with Crippen molar-refractivity contribution in [2.75, 3.05) is 13.6 Å². The average Bonchev–Trinajstić information content (AvgIpc) is 3.20. The van der Waals surface area contributed by atoms with Crippen LogP contribution in [0.25, 0.3) is 0 Å². The van der Waals surface area contributed by atoms with Crippen LogP contribution in [-0.4, -0.2) is 43.2 Å². The molecular weight excluding hydrogens is 362 g/mol. The van der Waals surface area contributed by atoms with Gasteiger partial charge in [0.05, 0.1) is 4.90 Å². The largest absolute Gasteiger partial charge is 0.349 e. The Labute approximate surface area is 160 Å². The number of carbonyl (C=O) groups is 1. The van der Waals surface area contributed by atoms with E-state index in [4.69, 9.17) is 0 Å². The Morgan fingerprint density at radius 3 is 2.37 bits per heavy atom. The van der Waals surface area contributed by atoms with Gasteiger partial charge in [0.25, 0.3) is 5.91 Å². The molecule has 1 N–H and O–H groups in total. The number of pyridine rings is 1. The van der Waals surface area contributed by atoms with Crippen molar-refractivity contribution < 1.29 is 13.2 Å². The monoisotopic (exact) mass is 387 g/mol. The molecule has 6 nitrogen and oxygen atoms in total. The minimum Gasteiger partial charge on any atom is -0.349 e. The maximum atomic E-state index is 12.7. The lowest BCUT2D eigenvalue weighted by Gasteiger charge is -2.17. The fourth-order valence-corrected chi connectivity index (χ4v) is 4.42. The van der Waals surface area contributed by atoms with Crippen LogP contribution in [0.5, 0.6) is 0 Å². The number of nitrogens with one attached hydrogen (secondary N) is 1. The molecule has 3 rings (SSSR count). The predicted octanol–water partition coefficient (Wildman–Crippen LogP) is 2.62. The number of carbonyl (C=O) groups excluding carboxylic acids is 1.